The summed E-state index contributed by atoms with van der Waals surface area (Å²) in [6.07, 6.45) is 0. The van der Waals surface area contributed by atoms with Crippen molar-refractivity contribution < 1.29 is 13.0 Å². The Morgan fingerprint density at radius 3 is 2.05 bits per heavy atom. The van der Waals surface area contributed by atoms with Crippen molar-refractivity contribution in [3.05, 3.63) is 40.6 Å². The minimum atomic E-state index is -4.66. The standard InChI is InChI=1S/C9H6Cl2N4O3S/c10-8-7(9(11)13-14-12-8)15(19(16,17)18)6-4-2-1-3-5-6/h1-5H,(H,16,17,18). The van der Waals surface area contributed by atoms with E-state index in [9.17, 15) is 13.0 Å². The van der Waals surface area contributed by atoms with E-state index < -0.39 is 10.3 Å². The molecular formula is C9H6Cl2N4O3S. The molecule has 1 heterocycles. The van der Waals surface area contributed by atoms with Crippen molar-refractivity contribution in [1.29, 1.82) is 0 Å². The third kappa shape index (κ3) is 2.92. The summed E-state index contributed by atoms with van der Waals surface area (Å²) in [5, 5.41) is 9.43. The Labute approximate surface area is 118 Å². The molecule has 0 aliphatic rings. The van der Waals surface area contributed by atoms with Crippen LogP contribution in [0.1, 0.15) is 0 Å². The molecule has 100 valence electrons. The number of anilines is 2. The normalized spacial score (nSPS) is 11.3. The molecule has 0 aliphatic heterocycles. The van der Waals surface area contributed by atoms with Gasteiger partial charge in [0.15, 0.2) is 10.3 Å². The van der Waals surface area contributed by atoms with Crippen LogP contribution in [-0.2, 0) is 10.3 Å². The zero-order valence-electron chi connectivity index (χ0n) is 9.10. The fraction of sp³-hybridized carbons (Fsp3) is 0. The van der Waals surface area contributed by atoms with Crippen molar-refractivity contribution in [2.24, 2.45) is 0 Å². The van der Waals surface area contributed by atoms with E-state index >= 15 is 0 Å². The Bertz CT molecular complexity index is 676. The summed E-state index contributed by atoms with van der Waals surface area (Å²) >= 11 is 11.5. The van der Waals surface area contributed by atoms with Gasteiger partial charge in [0.25, 0.3) is 0 Å². The van der Waals surface area contributed by atoms with Gasteiger partial charge < -0.3 is 0 Å². The molecule has 1 N–H and O–H groups in total. The molecule has 0 amide bonds. The first-order valence-corrected chi connectivity index (χ1v) is 6.93. The van der Waals surface area contributed by atoms with Crippen LogP contribution in [0.2, 0.25) is 10.3 Å². The molecule has 0 radical (unpaired) electrons. The van der Waals surface area contributed by atoms with Gasteiger partial charge in [-0.3, -0.25) is 4.55 Å². The molecule has 1 aromatic heterocycles. The van der Waals surface area contributed by atoms with E-state index in [2.05, 4.69) is 15.4 Å². The lowest BCUT2D eigenvalue weighted by molar-refractivity contribution is 0.483. The molecule has 0 saturated heterocycles. The van der Waals surface area contributed by atoms with Crippen molar-refractivity contribution in [3.8, 4) is 0 Å². The van der Waals surface area contributed by atoms with Crippen LogP contribution >= 0.6 is 23.2 Å². The highest BCUT2D eigenvalue weighted by Crippen LogP contribution is 2.36. The molecule has 0 saturated carbocycles. The molecule has 0 fully saturated rings. The largest absolute Gasteiger partial charge is 0.364 e. The molecule has 0 aliphatic carbocycles. The average molecular weight is 321 g/mol. The molecule has 19 heavy (non-hydrogen) atoms. The zero-order valence-corrected chi connectivity index (χ0v) is 11.4. The summed E-state index contributed by atoms with van der Waals surface area (Å²) in [6.45, 7) is 0. The zero-order chi connectivity index (χ0) is 14.0. The monoisotopic (exact) mass is 320 g/mol. The fourth-order valence-corrected chi connectivity index (χ4v) is 2.75. The Hall–Kier alpha value is -1.48. The summed E-state index contributed by atoms with van der Waals surface area (Å²) in [4.78, 5) is 0. The number of rotatable bonds is 3. The van der Waals surface area contributed by atoms with Crippen LogP contribution in [0.4, 0.5) is 11.4 Å². The highest BCUT2D eigenvalue weighted by atomic mass is 35.5. The predicted octanol–water partition coefficient (Wildman–Crippen LogP) is 2.12. The van der Waals surface area contributed by atoms with Crippen LogP contribution in [0.15, 0.2) is 30.3 Å². The number of nitrogens with zero attached hydrogens (tertiary/aromatic N) is 4. The lowest BCUT2D eigenvalue weighted by Crippen LogP contribution is -2.26. The summed E-state index contributed by atoms with van der Waals surface area (Å²) in [5.74, 6) is 0. The van der Waals surface area contributed by atoms with E-state index in [1.165, 1.54) is 12.1 Å². The van der Waals surface area contributed by atoms with Crippen LogP contribution in [0.5, 0.6) is 0 Å². The summed E-state index contributed by atoms with van der Waals surface area (Å²) in [6, 6.07) is 7.73. The number of aromatic nitrogens is 3. The van der Waals surface area contributed by atoms with E-state index in [0.717, 1.165) is 0 Å². The molecule has 1 aromatic carbocycles. The fourth-order valence-electron chi connectivity index (χ4n) is 1.39. The van der Waals surface area contributed by atoms with Crippen LogP contribution in [0.25, 0.3) is 0 Å². The van der Waals surface area contributed by atoms with E-state index in [1.807, 2.05) is 0 Å². The van der Waals surface area contributed by atoms with Gasteiger partial charge in [-0.25, -0.2) is 4.31 Å². The molecule has 0 bridgehead atoms. The van der Waals surface area contributed by atoms with Gasteiger partial charge in [-0.15, -0.1) is 10.2 Å². The van der Waals surface area contributed by atoms with E-state index in [4.69, 9.17) is 23.2 Å². The molecule has 2 aromatic rings. The summed E-state index contributed by atoms with van der Waals surface area (Å²) in [7, 11) is -4.66. The summed E-state index contributed by atoms with van der Waals surface area (Å²) < 4.78 is 32.9. The Morgan fingerprint density at radius 1 is 1.05 bits per heavy atom. The van der Waals surface area contributed by atoms with Gasteiger partial charge in [-0.1, -0.05) is 41.4 Å². The van der Waals surface area contributed by atoms with Crippen molar-refractivity contribution >= 4 is 44.9 Å². The SMILES string of the molecule is O=S(=O)(O)N(c1ccccc1)c1c(Cl)nnnc1Cl. The Balaban J connectivity index is 2.71. The molecule has 0 unspecified atom stereocenters. The molecule has 7 nitrogen and oxygen atoms in total. The number of para-hydroxylation sites is 1. The third-order valence-electron chi connectivity index (χ3n) is 2.08. The maximum atomic E-state index is 11.5. The van der Waals surface area contributed by atoms with E-state index in [-0.39, 0.29) is 21.7 Å². The quantitative estimate of drug-likeness (QED) is 0.870. The second-order valence-corrected chi connectivity index (χ2v) is 5.27. The van der Waals surface area contributed by atoms with Crippen molar-refractivity contribution in [2.75, 3.05) is 4.31 Å². The van der Waals surface area contributed by atoms with Crippen LogP contribution in [-0.4, -0.2) is 28.4 Å². The first kappa shape index (κ1) is 13.9. The van der Waals surface area contributed by atoms with Crippen molar-refractivity contribution in [1.82, 2.24) is 15.4 Å². The van der Waals surface area contributed by atoms with E-state index in [1.54, 1.807) is 18.2 Å². The third-order valence-corrected chi connectivity index (χ3v) is 3.44. The summed E-state index contributed by atoms with van der Waals surface area (Å²) in [5.41, 5.74) is -0.143. The van der Waals surface area contributed by atoms with Crippen LogP contribution in [0, 0.1) is 0 Å². The maximum Gasteiger partial charge on any atom is 0.364 e. The number of hydrogen-bond donors (Lipinski definition) is 1. The Kier molecular flexibility index (Phi) is 3.85. The Morgan fingerprint density at radius 2 is 1.58 bits per heavy atom. The van der Waals surface area contributed by atoms with Crippen LogP contribution in [0.3, 0.4) is 0 Å². The smallest absolute Gasteiger partial charge is 0.269 e. The number of benzene rings is 1. The maximum absolute atomic E-state index is 11.5. The lowest BCUT2D eigenvalue weighted by atomic mass is 10.3. The number of hydrogen-bond acceptors (Lipinski definition) is 5. The van der Waals surface area contributed by atoms with Gasteiger partial charge in [0.1, 0.15) is 5.69 Å². The minimum absolute atomic E-state index is 0.128. The molecule has 2 rings (SSSR count). The van der Waals surface area contributed by atoms with Gasteiger partial charge in [0.05, 0.1) is 5.69 Å². The van der Waals surface area contributed by atoms with Gasteiger partial charge in [0.2, 0.25) is 0 Å². The topological polar surface area (TPSA) is 96.3 Å². The van der Waals surface area contributed by atoms with Gasteiger partial charge in [0, 0.05) is 0 Å². The molecule has 0 atom stereocenters. The van der Waals surface area contributed by atoms with E-state index in [0.29, 0.717) is 4.31 Å². The van der Waals surface area contributed by atoms with Gasteiger partial charge >= 0.3 is 10.3 Å². The van der Waals surface area contributed by atoms with Crippen molar-refractivity contribution in [2.45, 2.75) is 0 Å². The predicted molar refractivity (Wildman–Crippen MR) is 70.0 cm³/mol. The first-order valence-electron chi connectivity index (χ1n) is 4.78. The second kappa shape index (κ2) is 5.25. The first-order chi connectivity index (χ1) is 8.91. The van der Waals surface area contributed by atoms with Crippen LogP contribution < -0.4 is 4.31 Å². The second-order valence-electron chi connectivity index (χ2n) is 3.30. The molecular weight excluding hydrogens is 315 g/mol. The minimum Gasteiger partial charge on any atom is -0.269 e. The van der Waals surface area contributed by atoms with Crippen molar-refractivity contribution in [3.63, 3.8) is 0 Å². The highest BCUT2D eigenvalue weighted by molar-refractivity contribution is 7.87. The van der Waals surface area contributed by atoms with Gasteiger partial charge in [-0.05, 0) is 17.3 Å². The lowest BCUT2D eigenvalue weighted by Gasteiger charge is -2.21. The van der Waals surface area contributed by atoms with Gasteiger partial charge in [-0.2, -0.15) is 8.42 Å². The average Bonchev–Trinajstić information content (AvgIpc) is 2.33. The molecule has 0 spiro atoms. The molecule has 10 heteroatoms. The number of halogens is 2. The highest BCUT2D eigenvalue weighted by Gasteiger charge is 2.28.